The maximum absolute atomic E-state index is 5.62. The molecule has 1 heterocycles. The fraction of sp³-hybridized carbons (Fsp3) is 0.462. The van der Waals surface area contributed by atoms with E-state index in [1.165, 1.54) is 5.56 Å². The Hall–Kier alpha value is -0.970. The van der Waals surface area contributed by atoms with Gasteiger partial charge in [0.1, 0.15) is 11.1 Å². The molecule has 1 unspecified atom stereocenters. The summed E-state index contributed by atoms with van der Waals surface area (Å²) in [6.45, 7) is 3.54. The summed E-state index contributed by atoms with van der Waals surface area (Å²) in [5.74, 6) is 0. The van der Waals surface area contributed by atoms with Crippen molar-refractivity contribution >= 4 is 17.2 Å². The highest BCUT2D eigenvalue weighted by Crippen LogP contribution is 2.07. The molecule has 17 heavy (non-hydrogen) atoms. The van der Waals surface area contributed by atoms with Gasteiger partial charge < -0.3 is 10.5 Å². The zero-order valence-corrected chi connectivity index (χ0v) is 10.7. The average Bonchev–Trinajstić information content (AvgIpc) is 2.38. The molecule has 3 nitrogen and oxygen atoms in total. The second-order valence-corrected chi connectivity index (χ2v) is 4.77. The van der Waals surface area contributed by atoms with Crippen LogP contribution in [0.2, 0.25) is 0 Å². The van der Waals surface area contributed by atoms with Crippen LogP contribution in [0.5, 0.6) is 0 Å². The predicted molar refractivity (Wildman–Crippen MR) is 73.1 cm³/mol. The van der Waals surface area contributed by atoms with Gasteiger partial charge in [0, 0.05) is 19.6 Å². The number of nitrogens with zero attached hydrogens (tertiary/aromatic N) is 1. The summed E-state index contributed by atoms with van der Waals surface area (Å²) in [5.41, 5.74) is 6.98. The van der Waals surface area contributed by atoms with Crippen molar-refractivity contribution in [1.82, 2.24) is 4.90 Å². The molecule has 1 atom stereocenters. The van der Waals surface area contributed by atoms with Gasteiger partial charge in [-0.2, -0.15) is 0 Å². The number of ether oxygens (including phenoxy) is 1. The monoisotopic (exact) mass is 250 g/mol. The van der Waals surface area contributed by atoms with E-state index in [0.717, 1.165) is 32.7 Å². The zero-order chi connectivity index (χ0) is 12.1. The van der Waals surface area contributed by atoms with Crippen molar-refractivity contribution in [1.29, 1.82) is 0 Å². The van der Waals surface area contributed by atoms with E-state index in [1.807, 2.05) is 6.07 Å². The van der Waals surface area contributed by atoms with Crippen LogP contribution in [0.3, 0.4) is 0 Å². The molecular formula is C13H18N2OS. The first-order valence-corrected chi connectivity index (χ1v) is 6.34. The lowest BCUT2D eigenvalue weighted by Crippen LogP contribution is -2.48. The summed E-state index contributed by atoms with van der Waals surface area (Å²) in [6, 6.07) is 10.5. The largest absolute Gasteiger partial charge is 0.391 e. The van der Waals surface area contributed by atoms with Crippen LogP contribution in [0.15, 0.2) is 30.3 Å². The van der Waals surface area contributed by atoms with Gasteiger partial charge in [0.05, 0.1) is 6.61 Å². The first kappa shape index (κ1) is 12.5. The van der Waals surface area contributed by atoms with Crippen molar-refractivity contribution in [3.05, 3.63) is 35.9 Å². The van der Waals surface area contributed by atoms with E-state index in [1.54, 1.807) is 0 Å². The summed E-state index contributed by atoms with van der Waals surface area (Å²) in [4.78, 5) is 2.83. The average molecular weight is 250 g/mol. The highest BCUT2D eigenvalue weighted by molar-refractivity contribution is 7.80. The standard InChI is InChI=1S/C13H18N2OS/c14-13(17)12-10-15(8-9-16-12)7-6-11-4-2-1-3-5-11/h1-5,12H,6-10H2,(H2,14,17). The summed E-state index contributed by atoms with van der Waals surface area (Å²) < 4.78 is 5.51. The maximum atomic E-state index is 5.62. The minimum absolute atomic E-state index is 0.0745. The summed E-state index contributed by atoms with van der Waals surface area (Å²) >= 11 is 4.97. The second kappa shape index (κ2) is 6.10. The third-order valence-electron chi connectivity index (χ3n) is 3.03. The van der Waals surface area contributed by atoms with Gasteiger partial charge in [-0.3, -0.25) is 4.90 Å². The minimum atomic E-state index is -0.0745. The van der Waals surface area contributed by atoms with E-state index >= 15 is 0 Å². The van der Waals surface area contributed by atoms with Crippen LogP contribution in [0.25, 0.3) is 0 Å². The van der Waals surface area contributed by atoms with Crippen LogP contribution in [-0.4, -0.2) is 42.2 Å². The van der Waals surface area contributed by atoms with E-state index in [4.69, 9.17) is 22.7 Å². The molecule has 1 aliphatic heterocycles. The smallest absolute Gasteiger partial charge is 0.120 e. The van der Waals surface area contributed by atoms with Gasteiger partial charge in [-0.05, 0) is 12.0 Å². The Morgan fingerprint density at radius 1 is 1.41 bits per heavy atom. The molecule has 0 bridgehead atoms. The lowest BCUT2D eigenvalue weighted by molar-refractivity contribution is 0.00774. The highest BCUT2D eigenvalue weighted by Gasteiger charge is 2.21. The number of hydrogen-bond donors (Lipinski definition) is 1. The van der Waals surface area contributed by atoms with Crippen molar-refractivity contribution < 1.29 is 4.74 Å². The zero-order valence-electron chi connectivity index (χ0n) is 9.84. The van der Waals surface area contributed by atoms with Gasteiger partial charge in [0.2, 0.25) is 0 Å². The number of thiocarbonyl (C=S) groups is 1. The van der Waals surface area contributed by atoms with Crippen LogP contribution < -0.4 is 5.73 Å². The van der Waals surface area contributed by atoms with Gasteiger partial charge in [-0.15, -0.1) is 0 Å². The van der Waals surface area contributed by atoms with E-state index < -0.39 is 0 Å². The first-order valence-electron chi connectivity index (χ1n) is 5.93. The number of morpholine rings is 1. The Kier molecular flexibility index (Phi) is 4.48. The second-order valence-electron chi connectivity index (χ2n) is 4.30. The molecule has 1 saturated heterocycles. The number of rotatable bonds is 4. The van der Waals surface area contributed by atoms with Gasteiger partial charge in [0.15, 0.2) is 0 Å². The van der Waals surface area contributed by atoms with Crippen LogP contribution in [-0.2, 0) is 11.2 Å². The number of hydrogen-bond acceptors (Lipinski definition) is 3. The van der Waals surface area contributed by atoms with Crippen molar-refractivity contribution in [3.8, 4) is 0 Å². The molecule has 2 rings (SSSR count). The molecule has 2 N–H and O–H groups in total. The van der Waals surface area contributed by atoms with E-state index in [9.17, 15) is 0 Å². The molecule has 1 aromatic rings. The SMILES string of the molecule is NC(=S)C1CN(CCc2ccccc2)CCO1. The Balaban J connectivity index is 1.81. The molecule has 92 valence electrons. The third-order valence-corrected chi connectivity index (χ3v) is 3.29. The minimum Gasteiger partial charge on any atom is -0.391 e. The lowest BCUT2D eigenvalue weighted by Gasteiger charge is -2.32. The van der Waals surface area contributed by atoms with Crippen LogP contribution in [0.4, 0.5) is 0 Å². The van der Waals surface area contributed by atoms with Gasteiger partial charge in [-0.25, -0.2) is 0 Å². The van der Waals surface area contributed by atoms with Gasteiger partial charge in [0.25, 0.3) is 0 Å². The molecule has 1 aromatic carbocycles. The van der Waals surface area contributed by atoms with Gasteiger partial charge in [-0.1, -0.05) is 42.5 Å². The maximum Gasteiger partial charge on any atom is 0.120 e. The Morgan fingerprint density at radius 2 is 2.18 bits per heavy atom. The van der Waals surface area contributed by atoms with E-state index in [0.29, 0.717) is 4.99 Å². The quantitative estimate of drug-likeness (QED) is 0.815. The lowest BCUT2D eigenvalue weighted by atomic mass is 10.1. The predicted octanol–water partition coefficient (Wildman–Crippen LogP) is 1.22. The molecule has 1 fully saturated rings. The molecule has 0 aliphatic carbocycles. The molecular weight excluding hydrogens is 232 g/mol. The van der Waals surface area contributed by atoms with E-state index in [-0.39, 0.29) is 6.10 Å². The Morgan fingerprint density at radius 3 is 2.88 bits per heavy atom. The molecule has 0 saturated carbocycles. The fourth-order valence-corrected chi connectivity index (χ4v) is 2.15. The van der Waals surface area contributed by atoms with E-state index in [2.05, 4.69) is 29.2 Å². The number of nitrogens with two attached hydrogens (primary N) is 1. The molecule has 0 spiro atoms. The fourth-order valence-electron chi connectivity index (χ4n) is 2.01. The topological polar surface area (TPSA) is 38.5 Å². The Bertz CT molecular complexity index is 369. The van der Waals surface area contributed by atoms with Crippen molar-refractivity contribution in [3.63, 3.8) is 0 Å². The Labute approximate surface area is 108 Å². The summed E-state index contributed by atoms with van der Waals surface area (Å²) in [7, 11) is 0. The normalized spacial score (nSPS) is 21.3. The van der Waals surface area contributed by atoms with Crippen molar-refractivity contribution in [2.45, 2.75) is 12.5 Å². The molecule has 0 amide bonds. The highest BCUT2D eigenvalue weighted by atomic mass is 32.1. The van der Waals surface area contributed by atoms with Crippen molar-refractivity contribution in [2.24, 2.45) is 5.73 Å². The van der Waals surface area contributed by atoms with Crippen LogP contribution in [0.1, 0.15) is 5.56 Å². The number of benzene rings is 1. The molecule has 1 aliphatic rings. The third kappa shape index (κ3) is 3.77. The summed E-state index contributed by atoms with van der Waals surface area (Å²) in [6.07, 6.45) is 0.986. The van der Waals surface area contributed by atoms with Crippen LogP contribution >= 0.6 is 12.2 Å². The molecule has 0 radical (unpaired) electrons. The van der Waals surface area contributed by atoms with Crippen LogP contribution in [0, 0.1) is 0 Å². The molecule has 4 heteroatoms. The van der Waals surface area contributed by atoms with Crippen molar-refractivity contribution in [2.75, 3.05) is 26.2 Å². The summed E-state index contributed by atoms with van der Waals surface area (Å²) in [5, 5.41) is 0. The molecule has 0 aromatic heterocycles. The van der Waals surface area contributed by atoms with Gasteiger partial charge >= 0.3 is 0 Å². The first-order chi connectivity index (χ1) is 8.25.